The molecule has 1 atom stereocenters. The summed E-state index contributed by atoms with van der Waals surface area (Å²) in [4.78, 5) is 0. The van der Waals surface area contributed by atoms with Crippen LogP contribution < -0.4 is 0 Å². The Bertz CT molecular complexity index is 167. The average molecular weight is 200 g/mol. The SMILES string of the molecule is CC(C(C)(C)C)C(C)(C)[Si](C)(C)C. The fourth-order valence-electron chi connectivity index (χ4n) is 1.73. The van der Waals surface area contributed by atoms with Crippen molar-refractivity contribution in [3.05, 3.63) is 0 Å². The van der Waals surface area contributed by atoms with Crippen LogP contribution >= 0.6 is 0 Å². The predicted octanol–water partition coefficient (Wildman–Crippen LogP) is 4.79. The van der Waals surface area contributed by atoms with Crippen LogP contribution in [0.15, 0.2) is 0 Å². The summed E-state index contributed by atoms with van der Waals surface area (Å²) in [6.45, 7) is 21.8. The van der Waals surface area contributed by atoms with E-state index in [9.17, 15) is 0 Å². The van der Waals surface area contributed by atoms with Gasteiger partial charge in [0.2, 0.25) is 0 Å². The third-order valence-electron chi connectivity index (χ3n) is 4.31. The first kappa shape index (κ1) is 13.2. The smallest absolute Gasteiger partial charge is 0.0502 e. The molecule has 0 aliphatic heterocycles. The van der Waals surface area contributed by atoms with Crippen LogP contribution in [0.2, 0.25) is 24.7 Å². The molecule has 0 aromatic heterocycles. The highest BCUT2D eigenvalue weighted by Crippen LogP contribution is 2.51. The zero-order valence-electron chi connectivity index (χ0n) is 11.1. The lowest BCUT2D eigenvalue weighted by atomic mass is 9.75. The maximum atomic E-state index is 2.48. The van der Waals surface area contributed by atoms with Gasteiger partial charge in [-0.05, 0) is 16.4 Å². The molecule has 0 heterocycles. The maximum Gasteiger partial charge on any atom is 0.0502 e. The van der Waals surface area contributed by atoms with Gasteiger partial charge in [-0.15, -0.1) is 0 Å². The molecule has 0 aliphatic rings. The fraction of sp³-hybridized carbons (Fsp3) is 1.00. The van der Waals surface area contributed by atoms with Gasteiger partial charge in [0.25, 0.3) is 0 Å². The summed E-state index contributed by atoms with van der Waals surface area (Å²) < 4.78 is 0. The van der Waals surface area contributed by atoms with E-state index in [1.807, 2.05) is 0 Å². The Balaban J connectivity index is 4.86. The summed E-state index contributed by atoms with van der Waals surface area (Å²) in [5.41, 5.74) is 0.434. The second kappa shape index (κ2) is 3.41. The number of hydrogen-bond donors (Lipinski definition) is 0. The van der Waals surface area contributed by atoms with Crippen LogP contribution in [-0.2, 0) is 0 Å². The lowest BCUT2D eigenvalue weighted by Gasteiger charge is -2.48. The minimum Gasteiger partial charge on any atom is -0.0692 e. The Labute approximate surface area is 86.1 Å². The largest absolute Gasteiger partial charge is 0.0692 e. The van der Waals surface area contributed by atoms with Gasteiger partial charge in [0.1, 0.15) is 0 Å². The zero-order chi connectivity index (χ0) is 11.1. The van der Waals surface area contributed by atoms with Crippen molar-refractivity contribution in [3.8, 4) is 0 Å². The highest BCUT2D eigenvalue weighted by atomic mass is 28.3. The van der Waals surface area contributed by atoms with Gasteiger partial charge in [0, 0.05) is 0 Å². The fourth-order valence-corrected chi connectivity index (χ4v) is 3.46. The molecule has 1 unspecified atom stereocenters. The third kappa shape index (κ3) is 2.83. The zero-order valence-corrected chi connectivity index (χ0v) is 12.1. The first-order chi connectivity index (χ1) is 5.40. The highest BCUT2D eigenvalue weighted by molar-refractivity contribution is 6.79. The van der Waals surface area contributed by atoms with E-state index in [4.69, 9.17) is 0 Å². The molecule has 80 valence electrons. The molecule has 0 N–H and O–H groups in total. The first-order valence-corrected chi connectivity index (χ1v) is 8.90. The molecule has 0 amide bonds. The topological polar surface area (TPSA) is 0 Å². The van der Waals surface area contributed by atoms with Crippen LogP contribution in [0.4, 0.5) is 0 Å². The minimum absolute atomic E-state index is 0.434. The van der Waals surface area contributed by atoms with Crippen molar-refractivity contribution in [3.63, 3.8) is 0 Å². The van der Waals surface area contributed by atoms with Crippen molar-refractivity contribution in [2.75, 3.05) is 0 Å². The number of rotatable bonds is 2. The summed E-state index contributed by atoms with van der Waals surface area (Å²) >= 11 is 0. The molecule has 0 saturated heterocycles. The van der Waals surface area contributed by atoms with E-state index in [1.54, 1.807) is 0 Å². The first-order valence-electron chi connectivity index (χ1n) is 5.40. The van der Waals surface area contributed by atoms with E-state index < -0.39 is 8.07 Å². The molecule has 0 saturated carbocycles. The van der Waals surface area contributed by atoms with Gasteiger partial charge < -0.3 is 0 Å². The van der Waals surface area contributed by atoms with E-state index >= 15 is 0 Å². The molecule has 1 heteroatoms. The van der Waals surface area contributed by atoms with Gasteiger partial charge in [0.15, 0.2) is 0 Å². The summed E-state index contributed by atoms with van der Waals surface area (Å²) in [6.07, 6.45) is 0. The molecule has 0 spiro atoms. The molecule has 13 heavy (non-hydrogen) atoms. The van der Waals surface area contributed by atoms with Crippen LogP contribution in [0.3, 0.4) is 0 Å². The molecule has 0 nitrogen and oxygen atoms in total. The maximum absolute atomic E-state index is 2.48. The van der Waals surface area contributed by atoms with E-state index in [0.717, 1.165) is 5.92 Å². The molecule has 0 fully saturated rings. The van der Waals surface area contributed by atoms with Crippen molar-refractivity contribution in [2.24, 2.45) is 11.3 Å². The van der Waals surface area contributed by atoms with Gasteiger partial charge in [-0.2, -0.15) is 0 Å². The molecule has 0 aromatic rings. The summed E-state index contributed by atoms with van der Waals surface area (Å²) in [5.74, 6) is 0.784. The van der Waals surface area contributed by atoms with Gasteiger partial charge in [-0.3, -0.25) is 0 Å². The lowest BCUT2D eigenvalue weighted by molar-refractivity contribution is 0.203. The molecule has 0 radical (unpaired) electrons. The van der Waals surface area contributed by atoms with Crippen LogP contribution in [0.25, 0.3) is 0 Å². The van der Waals surface area contributed by atoms with Crippen LogP contribution in [0, 0.1) is 11.3 Å². The lowest BCUT2D eigenvalue weighted by Crippen LogP contribution is -2.43. The number of hydrogen-bond acceptors (Lipinski definition) is 0. The second-order valence-electron chi connectivity index (χ2n) is 7.06. The van der Waals surface area contributed by atoms with E-state index in [0.29, 0.717) is 10.5 Å². The van der Waals surface area contributed by atoms with Crippen molar-refractivity contribution in [1.82, 2.24) is 0 Å². The standard InChI is InChI=1S/C12H28Si/c1-10(11(2,3)4)12(5,6)13(7,8)9/h10H,1-9H3. The summed E-state index contributed by atoms with van der Waals surface area (Å²) in [5, 5.41) is 0.519. The average Bonchev–Trinajstić information content (AvgIpc) is 1.81. The second-order valence-corrected chi connectivity index (χ2v) is 12.8. The molecule has 0 aliphatic carbocycles. The normalized spacial score (nSPS) is 17.3. The van der Waals surface area contributed by atoms with Crippen molar-refractivity contribution < 1.29 is 0 Å². The van der Waals surface area contributed by atoms with Crippen molar-refractivity contribution in [1.29, 1.82) is 0 Å². The van der Waals surface area contributed by atoms with Crippen LogP contribution in [0.5, 0.6) is 0 Å². The van der Waals surface area contributed by atoms with E-state index in [2.05, 4.69) is 61.2 Å². The van der Waals surface area contributed by atoms with Crippen molar-refractivity contribution >= 4 is 8.07 Å². The van der Waals surface area contributed by atoms with Crippen LogP contribution in [0.1, 0.15) is 41.5 Å². The summed E-state index contributed by atoms with van der Waals surface area (Å²) in [7, 11) is -1.06. The van der Waals surface area contributed by atoms with Gasteiger partial charge >= 0.3 is 0 Å². The van der Waals surface area contributed by atoms with E-state index in [-0.39, 0.29) is 0 Å². The Morgan fingerprint density at radius 1 is 0.846 bits per heavy atom. The quantitative estimate of drug-likeness (QED) is 0.562. The third-order valence-corrected chi connectivity index (χ3v) is 8.61. The highest BCUT2D eigenvalue weighted by Gasteiger charge is 2.43. The Hall–Kier alpha value is 0.217. The van der Waals surface area contributed by atoms with Gasteiger partial charge in [-0.25, -0.2) is 0 Å². The summed E-state index contributed by atoms with van der Waals surface area (Å²) in [6, 6.07) is 0. The Morgan fingerprint density at radius 2 is 1.15 bits per heavy atom. The van der Waals surface area contributed by atoms with Crippen molar-refractivity contribution in [2.45, 2.75) is 66.2 Å². The minimum atomic E-state index is -1.06. The monoisotopic (exact) mass is 200 g/mol. The van der Waals surface area contributed by atoms with Gasteiger partial charge in [-0.1, -0.05) is 61.2 Å². The van der Waals surface area contributed by atoms with E-state index in [1.165, 1.54) is 0 Å². The molecular weight excluding hydrogens is 172 g/mol. The molecule has 0 bridgehead atoms. The molecule has 0 rings (SSSR count). The van der Waals surface area contributed by atoms with Crippen LogP contribution in [-0.4, -0.2) is 8.07 Å². The Kier molecular flexibility index (Phi) is 3.47. The molecular formula is C12H28Si. The predicted molar refractivity (Wildman–Crippen MR) is 66.0 cm³/mol. The van der Waals surface area contributed by atoms with Gasteiger partial charge in [0.05, 0.1) is 8.07 Å². The Morgan fingerprint density at radius 3 is 1.23 bits per heavy atom. The molecule has 0 aromatic carbocycles.